The number of phosphoric ester groups is 5. The highest BCUT2D eigenvalue weighted by Gasteiger charge is 2.59. The summed E-state index contributed by atoms with van der Waals surface area (Å²) in [5.41, 5.74) is 24.5. The summed E-state index contributed by atoms with van der Waals surface area (Å²) in [6, 6.07) is 3.26. The van der Waals surface area contributed by atoms with E-state index in [9.17, 15) is 81.5 Å². The van der Waals surface area contributed by atoms with Crippen molar-refractivity contribution in [1.82, 2.24) is 87.2 Å². The van der Waals surface area contributed by atoms with Gasteiger partial charge >= 0.3 is 56.2 Å². The molecule has 0 bridgehead atoms. The first-order chi connectivity index (χ1) is 61.8. The van der Waals surface area contributed by atoms with Crippen LogP contribution in [-0.2, 0) is 125 Å². The lowest BCUT2D eigenvalue weighted by atomic mass is 10.1. The molecule has 62 nitrogen and oxygen atoms in total. The van der Waals surface area contributed by atoms with E-state index in [4.69, 9.17) is 131 Å². The molecule has 6 fully saturated rings. The van der Waals surface area contributed by atoms with Crippen LogP contribution >= 0.6 is 39.1 Å². The number of aliphatic hydroxyl groups is 2. The van der Waals surface area contributed by atoms with Gasteiger partial charge in [-0.15, -0.1) is 0 Å². The molecule has 5 unspecified atom stereocenters. The fourth-order valence-electron chi connectivity index (χ4n) is 15.4. The molecule has 6 aliphatic heterocycles. The minimum absolute atomic E-state index is 0.0125. The fourth-order valence-corrected chi connectivity index (χ4v) is 20.2. The Labute approximate surface area is 724 Å². The Hall–Kier alpha value is -9.12. The highest BCUT2D eigenvalue weighted by Crippen LogP contribution is 2.58. The number of H-pyrrole nitrogens is 2. The molecule has 0 aromatic carbocycles. The van der Waals surface area contributed by atoms with E-state index in [0.717, 1.165) is 110 Å². The third-order valence-electron chi connectivity index (χ3n) is 21.3. The smallest absolute Gasteiger partial charge is 0.394 e. The standard InChI is InChI=1S/C63H84N23O39P5/c1-104-42-36(89)25(116-54(42)84-21-73-33-48(66)69-19-71-50(33)84)14-110-126(94,95)122-38-26(117-56(44(38)106-3)81-10-7-30(64)76-61(81)91)15-112-129(100,101)124-40-28(119-58(46(40)108-5)85-22-74-34-49(67)70-20-72-51(34)85)17-114-128(98,99)123-39-27(118-57(45(39)107-4)82-11-8-31(65)77-62(82)92)16-113-130(102,103)125-41-29(120-59(47(41)109-6)86-23-75-35-52(86)79-60(68)80-53(35)90)18-111-127(96,97)121-37-24(13-87)115-55(43(37)105-2)83-12-9-32(88)78-63(83)93/h7-12,19-29,36-47,54-59,87,89H,13-18H2,1-6H3,(H,94,95)(H,96,97)(H,98,99)(H,100,101)(H,102,103)(H2,64,76,91)(H2,65,77,92)(H2,66,69,71)(H2,67,70,72)(H,78,88,93)(H3,68,79,80,90)/t24-,25-,26-,27-,28-,29-,36-,37-,38-,39-,40-,41-,42-,43-,44-,45-,46-,47-,54-,55-,56-,57-,58-,59-/m1/s1. The van der Waals surface area contributed by atoms with Crippen molar-refractivity contribution in [2.45, 2.75) is 147 Å². The lowest BCUT2D eigenvalue weighted by Crippen LogP contribution is -2.40. The molecule has 0 aliphatic carbocycles. The van der Waals surface area contributed by atoms with Crippen LogP contribution in [0.1, 0.15) is 37.4 Å². The first kappa shape index (κ1) is 95.5. The lowest BCUT2D eigenvalue weighted by Gasteiger charge is -2.28. The van der Waals surface area contributed by atoms with Gasteiger partial charge in [0.05, 0.1) is 58.6 Å². The summed E-state index contributed by atoms with van der Waals surface area (Å²) in [4.78, 5) is 168. The molecule has 9 aromatic heterocycles. The zero-order valence-electron chi connectivity index (χ0n) is 67.9. The maximum Gasteiger partial charge on any atom is 0.472 e. The van der Waals surface area contributed by atoms with Crippen molar-refractivity contribution < 1.29 is 160 Å². The van der Waals surface area contributed by atoms with Crippen molar-refractivity contribution in [3.05, 3.63) is 121 Å². The third kappa shape index (κ3) is 19.7. The lowest BCUT2D eigenvalue weighted by molar-refractivity contribution is -0.0675. The Morgan fingerprint density at radius 2 is 0.692 bits per heavy atom. The fraction of sp³-hybridized carbons (Fsp3) is 0.571. The highest BCUT2D eigenvalue weighted by molar-refractivity contribution is 7.48. The van der Waals surface area contributed by atoms with Gasteiger partial charge in [0, 0.05) is 67.3 Å². The number of fused-ring (bicyclic) bond motifs is 3. The van der Waals surface area contributed by atoms with E-state index in [-0.39, 0.29) is 56.8 Å². The number of nitrogens with one attached hydrogen (secondary N) is 2. The molecule has 29 atom stereocenters. The number of imidazole rings is 3. The number of aromatic amines is 2. The van der Waals surface area contributed by atoms with Crippen molar-refractivity contribution in [3.63, 3.8) is 0 Å². The molecule has 67 heteroatoms. The predicted octanol–water partition coefficient (Wildman–Crippen LogP) is -4.89. The average Bonchev–Trinajstić information content (AvgIpc) is 1.63. The van der Waals surface area contributed by atoms with Crippen LogP contribution in [0.4, 0.5) is 29.2 Å². The highest BCUT2D eigenvalue weighted by atomic mass is 31.2. The molecule has 0 saturated carbocycles. The summed E-state index contributed by atoms with van der Waals surface area (Å²) in [5, 5.41) is 21.8. The minimum atomic E-state index is -5.88. The van der Waals surface area contributed by atoms with Crippen molar-refractivity contribution in [3.8, 4) is 0 Å². The number of nitrogen functional groups attached to an aromatic ring is 5. The molecule has 15 rings (SSSR count). The molecule has 130 heavy (non-hydrogen) atoms. The molecule has 0 amide bonds. The zero-order valence-corrected chi connectivity index (χ0v) is 72.4. The van der Waals surface area contributed by atoms with Gasteiger partial charge in [0.2, 0.25) is 5.95 Å². The summed E-state index contributed by atoms with van der Waals surface area (Å²) < 4.78 is 206. The van der Waals surface area contributed by atoms with Crippen molar-refractivity contribution in [2.24, 2.45) is 0 Å². The second-order valence-corrected chi connectivity index (χ2v) is 36.0. The number of aliphatic hydroxyl groups excluding tert-OH is 2. The zero-order chi connectivity index (χ0) is 93.1. The SMILES string of the molecule is CO[C@@H]1[C@H](OP(=O)(O)OC[C@H]2O[C@@H](n3cnc4c(N)ncnc43)[C@H](OC)[C@@H]2O)[C@@H](COP(=O)(O)O[C@H]2[C@@H](OC)[C@H](n3cnc4c(N)ncnc43)O[C@@H]2COP(=O)(O)O[C@H]2[C@@H](OC)[C@H](n3ccc(N)nc3=O)O[C@@H]2COP(=O)(O)O[C@H]2[C@@H](OC)[C@H](n3cnc4c(=O)[nH]c(N)nc43)O[C@@H]2COP(=O)(O)O[C@H]2[C@@H](OC)[C@H](n3ccc(=O)[nH]c3=O)O[C@@H]2CO)O[C@H]1n1ccc(N)nc1=O. The molecular weight excluding hydrogens is 1860 g/mol. The molecular formula is C63H84N23O39P5. The molecule has 6 aliphatic rings. The molecule has 0 spiro atoms. The number of nitrogens with zero attached hydrogens (tertiary/aromatic N) is 16. The van der Waals surface area contributed by atoms with Crippen LogP contribution in [0.5, 0.6) is 0 Å². The Morgan fingerprint density at radius 3 is 1.05 bits per heavy atom. The Bertz CT molecular complexity index is 6190. The van der Waals surface area contributed by atoms with E-state index in [1.165, 1.54) is 28.6 Å². The van der Waals surface area contributed by atoms with Gasteiger partial charge in [-0.25, -0.2) is 72.1 Å². The maximum atomic E-state index is 14.9. The quantitative estimate of drug-likeness (QED) is 0.0161. The van der Waals surface area contributed by atoms with E-state index in [0.29, 0.717) is 0 Å². The molecule has 6 saturated heterocycles. The van der Waals surface area contributed by atoms with E-state index in [1.807, 2.05) is 4.98 Å². The number of rotatable bonds is 38. The number of nitrogens with two attached hydrogens (primary N) is 5. The molecule has 710 valence electrons. The second kappa shape index (κ2) is 38.5. The average molecular weight is 1940 g/mol. The van der Waals surface area contributed by atoms with E-state index in [1.54, 1.807) is 0 Å². The van der Waals surface area contributed by atoms with Crippen LogP contribution in [0.25, 0.3) is 33.5 Å². The number of hydrogen-bond acceptors (Lipinski definition) is 49. The third-order valence-corrected chi connectivity index (χ3v) is 26.2. The van der Waals surface area contributed by atoms with Gasteiger partial charge in [-0.05, 0) is 12.1 Å². The topological polar surface area (TPSA) is 836 Å². The van der Waals surface area contributed by atoms with Crippen LogP contribution in [0.3, 0.4) is 0 Å². The van der Waals surface area contributed by atoms with Gasteiger partial charge in [0.15, 0.2) is 71.5 Å². The Balaban J connectivity index is 0.674. The summed E-state index contributed by atoms with van der Waals surface area (Å²) in [5.74, 6) is -1.12. The molecule has 9 aromatic rings. The normalized spacial score (nSPS) is 31.8. The van der Waals surface area contributed by atoms with Crippen LogP contribution < -0.4 is 56.9 Å². The Kier molecular flexibility index (Phi) is 28.3. The largest absolute Gasteiger partial charge is 0.472 e. The van der Waals surface area contributed by atoms with Crippen LogP contribution in [0, 0.1) is 0 Å². The van der Waals surface area contributed by atoms with E-state index < -0.39 is 260 Å². The minimum Gasteiger partial charge on any atom is -0.394 e. The molecule has 0 radical (unpaired) electrons. The van der Waals surface area contributed by atoms with Gasteiger partial charge in [0.25, 0.3) is 11.1 Å². The number of phosphoric acid groups is 5. The predicted molar refractivity (Wildman–Crippen MR) is 424 cm³/mol. The summed E-state index contributed by atoms with van der Waals surface area (Å²) >= 11 is 0. The summed E-state index contributed by atoms with van der Waals surface area (Å²) in [6.07, 6.45) is -32.3. The first-order valence-corrected chi connectivity index (χ1v) is 45.5. The van der Waals surface area contributed by atoms with E-state index >= 15 is 0 Å². The number of ether oxygens (including phenoxy) is 12. The van der Waals surface area contributed by atoms with Gasteiger partial charge in [-0.2, -0.15) is 15.0 Å². The van der Waals surface area contributed by atoms with Crippen molar-refractivity contribution in [2.75, 3.05) is 111 Å². The van der Waals surface area contributed by atoms with Gasteiger partial charge in [0.1, 0.15) is 145 Å². The van der Waals surface area contributed by atoms with E-state index in [2.05, 4.69) is 54.8 Å². The number of anilines is 5. The van der Waals surface area contributed by atoms with Crippen LogP contribution in [-0.4, -0.2) is 314 Å². The van der Waals surface area contributed by atoms with Gasteiger partial charge in [-0.1, -0.05) is 0 Å². The maximum absolute atomic E-state index is 14.9. The van der Waals surface area contributed by atoms with Gasteiger partial charge < -0.3 is 120 Å². The van der Waals surface area contributed by atoms with Crippen LogP contribution in [0.15, 0.2) is 92.4 Å². The number of aromatic nitrogens is 18. The first-order valence-electron chi connectivity index (χ1n) is 38.1. The Morgan fingerprint density at radius 1 is 0.377 bits per heavy atom. The monoisotopic (exact) mass is 1940 g/mol. The van der Waals surface area contributed by atoms with Crippen molar-refractivity contribution >= 4 is 102 Å². The molecule has 15 heterocycles. The van der Waals surface area contributed by atoms with Gasteiger partial charge in [-0.3, -0.25) is 92.2 Å². The van der Waals surface area contributed by atoms with Crippen LogP contribution in [0.2, 0.25) is 0 Å². The number of hydrogen-bond donors (Lipinski definition) is 14. The summed E-state index contributed by atoms with van der Waals surface area (Å²) in [6.45, 7) is -6.73. The summed E-state index contributed by atoms with van der Waals surface area (Å²) in [7, 11) is -22.0. The van der Waals surface area contributed by atoms with Crippen molar-refractivity contribution in [1.29, 1.82) is 0 Å². The molecule has 19 N–H and O–H groups in total. The second-order valence-electron chi connectivity index (χ2n) is 29.0. The number of methoxy groups -OCH3 is 6.